The molecule has 148 valence electrons. The van der Waals surface area contributed by atoms with Crippen LogP contribution in [-0.4, -0.2) is 30.3 Å². The van der Waals surface area contributed by atoms with E-state index in [0.717, 1.165) is 17.0 Å². The number of Topliss-reactive ketones (excluding diaryl/α,β-unsaturated/α-hetero) is 1. The third kappa shape index (κ3) is 5.42. The molecule has 3 rings (SSSR count). The summed E-state index contributed by atoms with van der Waals surface area (Å²) in [5, 5.41) is 6.09. The first-order valence-corrected chi connectivity index (χ1v) is 9.30. The van der Waals surface area contributed by atoms with Gasteiger partial charge in [-0.1, -0.05) is 30.3 Å². The van der Waals surface area contributed by atoms with E-state index in [1.165, 1.54) is 13.1 Å². The maximum atomic E-state index is 12.5. The van der Waals surface area contributed by atoms with E-state index < -0.39 is 0 Å². The average molecular weight is 389 g/mol. The molecule has 2 aromatic carbocycles. The fourth-order valence-corrected chi connectivity index (χ4v) is 2.94. The SMILES string of the molecule is COc1ccccc1CCNC(=O)c1cncc(Nc2cccc(C(C)=O)c2)c1. The van der Waals surface area contributed by atoms with Crippen molar-refractivity contribution in [2.75, 3.05) is 19.0 Å². The Bertz CT molecular complexity index is 1020. The van der Waals surface area contributed by atoms with Crippen molar-refractivity contribution in [1.29, 1.82) is 0 Å². The summed E-state index contributed by atoms with van der Waals surface area (Å²) in [6, 6.07) is 16.7. The van der Waals surface area contributed by atoms with E-state index in [2.05, 4.69) is 15.6 Å². The number of carbonyl (C=O) groups is 2. The number of rotatable bonds is 8. The van der Waals surface area contributed by atoms with Crippen molar-refractivity contribution in [2.24, 2.45) is 0 Å². The van der Waals surface area contributed by atoms with Crippen LogP contribution in [0, 0.1) is 0 Å². The van der Waals surface area contributed by atoms with E-state index in [0.29, 0.717) is 29.8 Å². The second kappa shape index (κ2) is 9.50. The van der Waals surface area contributed by atoms with Crippen LogP contribution >= 0.6 is 0 Å². The molecule has 0 saturated heterocycles. The number of aromatic nitrogens is 1. The first-order valence-electron chi connectivity index (χ1n) is 9.30. The third-order valence-electron chi connectivity index (χ3n) is 4.43. The maximum absolute atomic E-state index is 12.5. The topological polar surface area (TPSA) is 80.3 Å². The number of hydrogen-bond donors (Lipinski definition) is 2. The van der Waals surface area contributed by atoms with E-state index >= 15 is 0 Å². The van der Waals surface area contributed by atoms with E-state index in [-0.39, 0.29) is 11.7 Å². The van der Waals surface area contributed by atoms with Gasteiger partial charge in [0.15, 0.2) is 5.78 Å². The molecule has 1 heterocycles. The molecule has 0 saturated carbocycles. The Morgan fingerprint density at radius 1 is 0.966 bits per heavy atom. The number of anilines is 2. The van der Waals surface area contributed by atoms with Crippen LogP contribution in [0.1, 0.15) is 33.2 Å². The number of nitrogens with one attached hydrogen (secondary N) is 2. The lowest BCUT2D eigenvalue weighted by Crippen LogP contribution is -2.26. The van der Waals surface area contributed by atoms with Crippen molar-refractivity contribution in [3.8, 4) is 5.75 Å². The number of methoxy groups -OCH3 is 1. The Kier molecular flexibility index (Phi) is 6.58. The Labute approximate surface area is 169 Å². The number of carbonyl (C=O) groups excluding carboxylic acids is 2. The van der Waals surface area contributed by atoms with Crippen LogP contribution < -0.4 is 15.4 Å². The van der Waals surface area contributed by atoms with E-state index in [1.807, 2.05) is 30.3 Å². The molecule has 0 bridgehead atoms. The summed E-state index contributed by atoms with van der Waals surface area (Å²) in [6.45, 7) is 2.01. The van der Waals surface area contributed by atoms with Crippen LogP contribution in [0.2, 0.25) is 0 Å². The zero-order chi connectivity index (χ0) is 20.6. The van der Waals surface area contributed by atoms with Gasteiger partial charge in [-0.15, -0.1) is 0 Å². The second-order valence-electron chi connectivity index (χ2n) is 6.54. The molecule has 0 aliphatic carbocycles. The molecule has 6 nitrogen and oxygen atoms in total. The van der Waals surface area contributed by atoms with Gasteiger partial charge in [0.05, 0.1) is 24.6 Å². The van der Waals surface area contributed by atoms with Crippen LogP contribution in [0.3, 0.4) is 0 Å². The number of ketones is 1. The largest absolute Gasteiger partial charge is 0.496 e. The molecule has 2 N–H and O–H groups in total. The molecule has 3 aromatic rings. The standard InChI is InChI=1S/C23H23N3O3/c1-16(27)18-7-5-8-20(12-18)26-21-13-19(14-24-15-21)23(28)25-11-10-17-6-3-4-9-22(17)29-2/h3-9,12-15,26H,10-11H2,1-2H3,(H,25,28). The highest BCUT2D eigenvalue weighted by Crippen LogP contribution is 2.19. The van der Waals surface area contributed by atoms with Gasteiger partial charge in [-0.25, -0.2) is 0 Å². The van der Waals surface area contributed by atoms with Crippen molar-refractivity contribution in [2.45, 2.75) is 13.3 Å². The summed E-state index contributed by atoms with van der Waals surface area (Å²) < 4.78 is 5.33. The minimum atomic E-state index is -0.200. The summed E-state index contributed by atoms with van der Waals surface area (Å²) in [6.07, 6.45) is 3.82. The summed E-state index contributed by atoms with van der Waals surface area (Å²) >= 11 is 0. The minimum Gasteiger partial charge on any atom is -0.496 e. The predicted octanol–water partition coefficient (Wildman–Crippen LogP) is 4.01. The van der Waals surface area contributed by atoms with Crippen LogP contribution in [0.4, 0.5) is 11.4 Å². The van der Waals surface area contributed by atoms with Gasteiger partial charge in [-0.3, -0.25) is 14.6 Å². The van der Waals surface area contributed by atoms with E-state index in [9.17, 15) is 9.59 Å². The van der Waals surface area contributed by atoms with Crippen LogP contribution in [-0.2, 0) is 6.42 Å². The lowest BCUT2D eigenvalue weighted by Gasteiger charge is -2.10. The Hall–Kier alpha value is -3.67. The molecule has 29 heavy (non-hydrogen) atoms. The minimum absolute atomic E-state index is 0.00468. The number of ether oxygens (including phenoxy) is 1. The summed E-state index contributed by atoms with van der Waals surface area (Å²) in [5.41, 5.74) is 3.54. The zero-order valence-corrected chi connectivity index (χ0v) is 16.4. The number of benzene rings is 2. The van der Waals surface area contributed by atoms with Crippen molar-refractivity contribution in [3.05, 3.63) is 83.7 Å². The molecule has 1 aromatic heterocycles. The lowest BCUT2D eigenvalue weighted by atomic mass is 10.1. The van der Waals surface area contributed by atoms with Gasteiger partial charge >= 0.3 is 0 Å². The fraction of sp³-hybridized carbons (Fsp3) is 0.174. The number of nitrogens with zero attached hydrogens (tertiary/aromatic N) is 1. The smallest absolute Gasteiger partial charge is 0.252 e. The zero-order valence-electron chi connectivity index (χ0n) is 16.4. The average Bonchev–Trinajstić information content (AvgIpc) is 2.74. The van der Waals surface area contributed by atoms with Crippen LogP contribution in [0.5, 0.6) is 5.75 Å². The molecule has 6 heteroatoms. The van der Waals surface area contributed by atoms with Gasteiger partial charge < -0.3 is 15.4 Å². The van der Waals surface area contributed by atoms with Crippen molar-refractivity contribution < 1.29 is 14.3 Å². The highest BCUT2D eigenvalue weighted by Gasteiger charge is 2.09. The number of amides is 1. The van der Waals surface area contributed by atoms with E-state index in [1.54, 1.807) is 37.6 Å². The molecule has 0 spiro atoms. The molecule has 0 radical (unpaired) electrons. The van der Waals surface area contributed by atoms with E-state index in [4.69, 9.17) is 4.74 Å². The first-order chi connectivity index (χ1) is 14.1. The normalized spacial score (nSPS) is 10.3. The molecule has 0 fully saturated rings. The van der Waals surface area contributed by atoms with Gasteiger partial charge in [0.25, 0.3) is 5.91 Å². The molecular weight excluding hydrogens is 366 g/mol. The highest BCUT2D eigenvalue weighted by atomic mass is 16.5. The van der Waals surface area contributed by atoms with Crippen molar-refractivity contribution in [1.82, 2.24) is 10.3 Å². The number of hydrogen-bond acceptors (Lipinski definition) is 5. The summed E-state index contributed by atoms with van der Waals surface area (Å²) in [5.74, 6) is 0.603. The molecular formula is C23H23N3O3. The van der Waals surface area contributed by atoms with Crippen molar-refractivity contribution >= 4 is 23.1 Å². The van der Waals surface area contributed by atoms with Crippen LogP contribution in [0.15, 0.2) is 67.0 Å². The van der Waals surface area contributed by atoms with Gasteiger partial charge in [0, 0.05) is 24.0 Å². The molecule has 0 aliphatic heterocycles. The lowest BCUT2D eigenvalue weighted by molar-refractivity contribution is 0.0952. The predicted molar refractivity (Wildman–Crippen MR) is 113 cm³/mol. The molecule has 0 atom stereocenters. The third-order valence-corrected chi connectivity index (χ3v) is 4.43. The highest BCUT2D eigenvalue weighted by molar-refractivity contribution is 5.96. The Balaban J connectivity index is 1.62. The monoisotopic (exact) mass is 389 g/mol. The fourth-order valence-electron chi connectivity index (χ4n) is 2.94. The van der Waals surface area contributed by atoms with Gasteiger partial charge in [-0.05, 0) is 43.2 Å². The van der Waals surface area contributed by atoms with Crippen LogP contribution in [0.25, 0.3) is 0 Å². The number of pyridine rings is 1. The maximum Gasteiger partial charge on any atom is 0.252 e. The molecule has 0 unspecified atom stereocenters. The first kappa shape index (κ1) is 20.1. The quantitative estimate of drug-likeness (QED) is 0.569. The van der Waals surface area contributed by atoms with Crippen molar-refractivity contribution in [3.63, 3.8) is 0 Å². The van der Waals surface area contributed by atoms with Gasteiger partial charge in [0.2, 0.25) is 0 Å². The summed E-state index contributed by atoms with van der Waals surface area (Å²) in [4.78, 5) is 28.2. The second-order valence-corrected chi connectivity index (χ2v) is 6.54. The molecule has 0 aliphatic rings. The van der Waals surface area contributed by atoms with Gasteiger partial charge in [-0.2, -0.15) is 0 Å². The Morgan fingerprint density at radius 3 is 2.55 bits per heavy atom. The molecule has 1 amide bonds. The Morgan fingerprint density at radius 2 is 1.76 bits per heavy atom. The van der Waals surface area contributed by atoms with Gasteiger partial charge in [0.1, 0.15) is 5.75 Å². The number of para-hydroxylation sites is 1. The summed E-state index contributed by atoms with van der Waals surface area (Å²) in [7, 11) is 1.63.